The summed E-state index contributed by atoms with van der Waals surface area (Å²) in [7, 11) is 0. The van der Waals surface area contributed by atoms with Crippen LogP contribution in [-0.2, 0) is 17.6 Å². The van der Waals surface area contributed by atoms with Gasteiger partial charge in [0, 0.05) is 23.9 Å². The lowest BCUT2D eigenvalue weighted by Crippen LogP contribution is -2.17. The van der Waals surface area contributed by atoms with Gasteiger partial charge in [0.2, 0.25) is 6.17 Å². The SMILES string of the molecule is CCc1nc(C)c2cc(Oc3c(Br)cc(CC(F)C(=O)O)cc3Br)ccc2n1. The monoisotopic (exact) mass is 510 g/mol. The number of hydrogen-bond donors (Lipinski definition) is 1. The molecule has 8 heteroatoms. The highest BCUT2D eigenvalue weighted by molar-refractivity contribution is 9.11. The van der Waals surface area contributed by atoms with Gasteiger partial charge in [-0.05, 0) is 74.7 Å². The van der Waals surface area contributed by atoms with E-state index in [1.54, 1.807) is 12.1 Å². The molecule has 1 unspecified atom stereocenters. The third-order valence-electron chi connectivity index (χ3n) is 4.18. The third-order valence-corrected chi connectivity index (χ3v) is 5.36. The Hall–Kier alpha value is -2.06. The van der Waals surface area contributed by atoms with Crippen LogP contribution in [0.25, 0.3) is 10.9 Å². The van der Waals surface area contributed by atoms with Gasteiger partial charge in [0.15, 0.2) is 5.75 Å². The van der Waals surface area contributed by atoms with Crippen LogP contribution in [0.2, 0.25) is 0 Å². The van der Waals surface area contributed by atoms with Crippen molar-refractivity contribution >= 4 is 48.7 Å². The van der Waals surface area contributed by atoms with E-state index in [9.17, 15) is 9.18 Å². The van der Waals surface area contributed by atoms with Crippen LogP contribution in [0.5, 0.6) is 11.5 Å². The number of ether oxygens (including phenoxy) is 1. The van der Waals surface area contributed by atoms with Gasteiger partial charge in [-0.1, -0.05) is 6.92 Å². The first-order valence-electron chi connectivity index (χ1n) is 8.58. The summed E-state index contributed by atoms with van der Waals surface area (Å²) in [6, 6.07) is 8.88. The summed E-state index contributed by atoms with van der Waals surface area (Å²) < 4.78 is 20.7. The number of carboxylic acid groups (broad SMARTS) is 1. The van der Waals surface area contributed by atoms with Gasteiger partial charge in [0.1, 0.15) is 11.6 Å². The highest BCUT2D eigenvalue weighted by Crippen LogP contribution is 2.39. The fourth-order valence-corrected chi connectivity index (χ4v) is 4.22. The first-order chi connectivity index (χ1) is 13.3. The summed E-state index contributed by atoms with van der Waals surface area (Å²) in [4.78, 5) is 19.7. The molecule has 0 saturated carbocycles. The maximum atomic E-state index is 13.5. The Morgan fingerprint density at radius 2 is 1.89 bits per heavy atom. The number of halogens is 3. The predicted molar refractivity (Wildman–Crippen MR) is 112 cm³/mol. The minimum Gasteiger partial charge on any atom is -0.479 e. The standard InChI is InChI=1S/C20H17Br2FN2O3/c1-3-18-24-10(2)13-9-12(4-5-17(13)25-18)28-19-14(21)6-11(7-15(19)22)8-16(23)20(26)27/h4-7,9,16H,3,8H2,1-2H3,(H,26,27). The van der Waals surface area contributed by atoms with Gasteiger partial charge in [-0.15, -0.1) is 0 Å². The lowest BCUT2D eigenvalue weighted by molar-refractivity contribution is -0.142. The molecule has 0 fully saturated rings. The Bertz CT molecular complexity index is 1040. The lowest BCUT2D eigenvalue weighted by atomic mass is 10.1. The largest absolute Gasteiger partial charge is 0.479 e. The zero-order valence-corrected chi connectivity index (χ0v) is 18.3. The summed E-state index contributed by atoms with van der Waals surface area (Å²) >= 11 is 6.83. The average molecular weight is 512 g/mol. The van der Waals surface area contributed by atoms with Crippen molar-refractivity contribution in [1.82, 2.24) is 9.97 Å². The molecule has 3 rings (SSSR count). The molecular weight excluding hydrogens is 495 g/mol. The number of aryl methyl sites for hydroxylation is 2. The number of alkyl halides is 1. The molecule has 2 aromatic carbocycles. The van der Waals surface area contributed by atoms with Gasteiger partial charge in [-0.2, -0.15) is 0 Å². The Morgan fingerprint density at radius 1 is 1.21 bits per heavy atom. The van der Waals surface area contributed by atoms with E-state index < -0.39 is 12.1 Å². The zero-order chi connectivity index (χ0) is 20.4. The van der Waals surface area contributed by atoms with E-state index in [-0.39, 0.29) is 6.42 Å². The van der Waals surface area contributed by atoms with Crippen LogP contribution in [-0.4, -0.2) is 27.2 Å². The molecule has 146 valence electrons. The maximum absolute atomic E-state index is 13.5. The molecule has 1 N–H and O–H groups in total. The van der Waals surface area contributed by atoms with Crippen molar-refractivity contribution in [1.29, 1.82) is 0 Å². The summed E-state index contributed by atoms with van der Waals surface area (Å²) in [5, 5.41) is 9.64. The van der Waals surface area contributed by atoms with Crippen LogP contribution < -0.4 is 4.74 Å². The molecule has 0 radical (unpaired) electrons. The molecule has 1 heterocycles. The number of carboxylic acids is 1. The van der Waals surface area contributed by atoms with Gasteiger partial charge < -0.3 is 9.84 Å². The quantitative estimate of drug-likeness (QED) is 0.454. The van der Waals surface area contributed by atoms with Crippen LogP contribution >= 0.6 is 31.9 Å². The first-order valence-corrected chi connectivity index (χ1v) is 10.2. The molecule has 1 atom stereocenters. The highest BCUT2D eigenvalue weighted by Gasteiger charge is 2.19. The molecule has 0 bridgehead atoms. The van der Waals surface area contributed by atoms with Crippen molar-refractivity contribution in [3.8, 4) is 11.5 Å². The molecule has 0 aliphatic heterocycles. The second-order valence-electron chi connectivity index (χ2n) is 6.26. The molecule has 0 amide bonds. The normalized spacial score (nSPS) is 12.2. The van der Waals surface area contributed by atoms with Gasteiger partial charge in [-0.3, -0.25) is 0 Å². The van der Waals surface area contributed by atoms with Crippen molar-refractivity contribution in [2.45, 2.75) is 32.9 Å². The van der Waals surface area contributed by atoms with Crippen LogP contribution in [0.4, 0.5) is 4.39 Å². The van der Waals surface area contributed by atoms with Crippen molar-refractivity contribution in [3.63, 3.8) is 0 Å². The van der Waals surface area contributed by atoms with Crippen molar-refractivity contribution in [3.05, 3.63) is 56.4 Å². The second-order valence-corrected chi connectivity index (χ2v) is 7.97. The maximum Gasteiger partial charge on any atom is 0.338 e. The minimum atomic E-state index is -1.96. The van der Waals surface area contributed by atoms with Gasteiger partial charge in [-0.25, -0.2) is 19.2 Å². The van der Waals surface area contributed by atoms with Gasteiger partial charge >= 0.3 is 5.97 Å². The Labute approximate surface area is 178 Å². The topological polar surface area (TPSA) is 72.3 Å². The first kappa shape index (κ1) is 20.7. The second kappa shape index (κ2) is 8.53. The molecule has 3 aromatic rings. The number of carbonyl (C=O) groups is 1. The molecule has 0 spiro atoms. The summed E-state index contributed by atoms with van der Waals surface area (Å²) in [5.74, 6) is 0.434. The number of aliphatic carboxylic acids is 1. The predicted octanol–water partition coefficient (Wildman–Crippen LogP) is 5.78. The fraction of sp³-hybridized carbons (Fsp3) is 0.250. The summed E-state index contributed by atoms with van der Waals surface area (Å²) in [6.45, 7) is 3.95. The lowest BCUT2D eigenvalue weighted by Gasteiger charge is -2.13. The van der Waals surface area contributed by atoms with Crippen LogP contribution in [0.3, 0.4) is 0 Å². The van der Waals surface area contributed by atoms with Gasteiger partial charge in [0.25, 0.3) is 0 Å². The smallest absolute Gasteiger partial charge is 0.338 e. The molecule has 1 aromatic heterocycles. The number of fused-ring (bicyclic) bond motifs is 1. The molecule has 0 aliphatic carbocycles. The number of rotatable bonds is 6. The third kappa shape index (κ3) is 4.50. The molecule has 0 saturated heterocycles. The van der Waals surface area contributed by atoms with Crippen molar-refractivity contribution in [2.75, 3.05) is 0 Å². The fourth-order valence-electron chi connectivity index (χ4n) is 2.78. The Balaban J connectivity index is 1.91. The average Bonchev–Trinajstić information content (AvgIpc) is 2.64. The zero-order valence-electron chi connectivity index (χ0n) is 15.2. The van der Waals surface area contributed by atoms with E-state index in [4.69, 9.17) is 9.84 Å². The van der Waals surface area contributed by atoms with E-state index in [0.29, 0.717) is 26.0 Å². The van der Waals surface area contributed by atoms with Crippen LogP contribution in [0.15, 0.2) is 39.3 Å². The van der Waals surface area contributed by atoms with E-state index in [2.05, 4.69) is 41.8 Å². The van der Waals surface area contributed by atoms with Crippen molar-refractivity contribution < 1.29 is 19.0 Å². The van der Waals surface area contributed by atoms with E-state index in [0.717, 1.165) is 28.8 Å². The van der Waals surface area contributed by atoms with Crippen LogP contribution in [0.1, 0.15) is 24.0 Å². The van der Waals surface area contributed by atoms with E-state index in [1.807, 2.05) is 32.0 Å². The Kier molecular flexibility index (Phi) is 6.30. The summed E-state index contributed by atoms with van der Waals surface area (Å²) in [5.41, 5.74) is 2.27. The number of nitrogens with zero attached hydrogens (tertiary/aromatic N) is 2. The molecule has 0 aliphatic rings. The van der Waals surface area contributed by atoms with Crippen LogP contribution in [0, 0.1) is 6.92 Å². The number of hydrogen-bond acceptors (Lipinski definition) is 4. The van der Waals surface area contributed by atoms with E-state index >= 15 is 0 Å². The number of benzene rings is 2. The molecular formula is C20H17Br2FN2O3. The summed E-state index contributed by atoms with van der Waals surface area (Å²) in [6.07, 6.45) is -1.41. The van der Waals surface area contributed by atoms with Crippen molar-refractivity contribution in [2.24, 2.45) is 0 Å². The van der Waals surface area contributed by atoms with E-state index in [1.165, 1.54) is 0 Å². The minimum absolute atomic E-state index is 0.223. The molecule has 5 nitrogen and oxygen atoms in total. The number of aromatic nitrogens is 2. The Morgan fingerprint density at radius 3 is 2.50 bits per heavy atom. The van der Waals surface area contributed by atoms with Gasteiger partial charge in [0.05, 0.1) is 14.5 Å². The highest BCUT2D eigenvalue weighted by atomic mass is 79.9. The molecule has 28 heavy (non-hydrogen) atoms.